The summed E-state index contributed by atoms with van der Waals surface area (Å²) in [6.07, 6.45) is 1.93. The zero-order chi connectivity index (χ0) is 12.9. The summed E-state index contributed by atoms with van der Waals surface area (Å²) >= 11 is 1.78. The highest BCUT2D eigenvalue weighted by Crippen LogP contribution is 2.42. The topological polar surface area (TPSA) is 38.9 Å². The molecule has 1 aromatic carbocycles. The number of fused-ring (bicyclic) bond motifs is 3. The van der Waals surface area contributed by atoms with E-state index in [1.54, 1.807) is 11.3 Å². The predicted molar refractivity (Wildman–Crippen MR) is 76.9 cm³/mol. The highest BCUT2D eigenvalue weighted by molar-refractivity contribution is 7.12. The number of thiazole rings is 1. The van der Waals surface area contributed by atoms with Crippen LogP contribution in [-0.2, 0) is 12.0 Å². The Morgan fingerprint density at radius 1 is 1.44 bits per heavy atom. The molecule has 1 heterocycles. The quantitative estimate of drug-likeness (QED) is 0.762. The first-order chi connectivity index (χ1) is 8.51. The molecule has 0 bridgehead atoms. The van der Waals surface area contributed by atoms with Gasteiger partial charge in [-0.3, -0.25) is 0 Å². The third-order valence-corrected chi connectivity index (χ3v) is 5.13. The normalized spacial score (nSPS) is 16.2. The molecule has 18 heavy (non-hydrogen) atoms. The van der Waals surface area contributed by atoms with E-state index in [9.17, 15) is 0 Å². The summed E-state index contributed by atoms with van der Waals surface area (Å²) in [5.41, 5.74) is 11.2. The van der Waals surface area contributed by atoms with Crippen LogP contribution in [0.25, 0.3) is 11.3 Å². The lowest BCUT2D eigenvalue weighted by Gasteiger charge is -2.19. The molecule has 1 aliphatic rings. The van der Waals surface area contributed by atoms with Crippen molar-refractivity contribution < 1.29 is 0 Å². The molecule has 3 heteroatoms. The van der Waals surface area contributed by atoms with E-state index in [1.165, 1.54) is 27.3 Å². The molecule has 1 atom stereocenters. The summed E-state index contributed by atoms with van der Waals surface area (Å²) < 4.78 is 0. The zero-order valence-corrected chi connectivity index (χ0v) is 11.9. The fourth-order valence-corrected chi connectivity index (χ4v) is 3.54. The molecule has 0 amide bonds. The Morgan fingerprint density at radius 2 is 2.22 bits per heavy atom. The van der Waals surface area contributed by atoms with E-state index >= 15 is 0 Å². The fraction of sp³-hybridized carbons (Fsp3) is 0.400. The lowest BCUT2D eigenvalue weighted by molar-refractivity contribution is 0.474. The first kappa shape index (κ1) is 11.9. The molecule has 2 N–H and O–H groups in total. The Morgan fingerprint density at radius 3 is 2.94 bits per heavy atom. The maximum Gasteiger partial charge on any atom is 0.113 e. The molecule has 0 saturated carbocycles. The number of hydrogen-bond donors (Lipinski definition) is 1. The van der Waals surface area contributed by atoms with Crippen LogP contribution >= 0.6 is 11.3 Å². The van der Waals surface area contributed by atoms with Gasteiger partial charge in [0.1, 0.15) is 5.01 Å². The summed E-state index contributed by atoms with van der Waals surface area (Å²) in [6.45, 7) is 6.31. The van der Waals surface area contributed by atoms with E-state index in [2.05, 4.69) is 39.0 Å². The first-order valence-corrected chi connectivity index (χ1v) is 7.22. The van der Waals surface area contributed by atoms with Crippen molar-refractivity contribution in [2.24, 2.45) is 5.73 Å². The van der Waals surface area contributed by atoms with Crippen LogP contribution < -0.4 is 5.73 Å². The van der Waals surface area contributed by atoms with Crippen LogP contribution in [0.5, 0.6) is 0 Å². The van der Waals surface area contributed by atoms with Gasteiger partial charge in [0.05, 0.1) is 11.2 Å². The molecule has 2 aromatic rings. The zero-order valence-electron chi connectivity index (χ0n) is 11.1. The average Bonchev–Trinajstić information content (AvgIpc) is 2.87. The third-order valence-electron chi connectivity index (χ3n) is 3.79. The van der Waals surface area contributed by atoms with Crippen LogP contribution in [0.2, 0.25) is 0 Å². The summed E-state index contributed by atoms with van der Waals surface area (Å²) in [6, 6.07) is 6.64. The van der Waals surface area contributed by atoms with Crippen molar-refractivity contribution >= 4 is 11.3 Å². The van der Waals surface area contributed by atoms with Gasteiger partial charge in [0, 0.05) is 16.9 Å². The molecule has 0 saturated heterocycles. The Labute approximate surface area is 112 Å². The van der Waals surface area contributed by atoms with E-state index in [-0.39, 0.29) is 5.54 Å². The van der Waals surface area contributed by atoms with Gasteiger partial charge in [-0.15, -0.1) is 11.3 Å². The van der Waals surface area contributed by atoms with Crippen molar-refractivity contribution in [1.29, 1.82) is 0 Å². The number of aryl methyl sites for hydroxylation is 1. The van der Waals surface area contributed by atoms with Gasteiger partial charge in [0.15, 0.2) is 0 Å². The molecule has 3 rings (SSSR count). The van der Waals surface area contributed by atoms with Gasteiger partial charge >= 0.3 is 0 Å². The van der Waals surface area contributed by atoms with Crippen molar-refractivity contribution in [3.63, 3.8) is 0 Å². The van der Waals surface area contributed by atoms with Crippen LogP contribution in [0.3, 0.4) is 0 Å². The molecule has 0 fully saturated rings. The maximum atomic E-state index is 6.30. The number of aromatic nitrogens is 1. The van der Waals surface area contributed by atoms with Gasteiger partial charge in [0.2, 0.25) is 0 Å². The second kappa shape index (κ2) is 3.90. The van der Waals surface area contributed by atoms with Gasteiger partial charge in [0.25, 0.3) is 0 Å². The van der Waals surface area contributed by atoms with Crippen molar-refractivity contribution in [1.82, 2.24) is 4.98 Å². The smallest absolute Gasteiger partial charge is 0.113 e. The highest BCUT2D eigenvalue weighted by Gasteiger charge is 2.29. The Bertz CT molecular complexity index is 611. The van der Waals surface area contributed by atoms with Crippen LogP contribution in [0.15, 0.2) is 18.2 Å². The van der Waals surface area contributed by atoms with Gasteiger partial charge in [-0.2, -0.15) is 0 Å². The number of nitrogens with two attached hydrogens (primary N) is 1. The summed E-state index contributed by atoms with van der Waals surface area (Å²) in [5, 5.41) is 1.07. The van der Waals surface area contributed by atoms with Gasteiger partial charge in [-0.1, -0.05) is 24.6 Å². The first-order valence-electron chi connectivity index (χ1n) is 6.40. The number of rotatable bonds is 2. The molecular weight excluding hydrogens is 240 g/mol. The van der Waals surface area contributed by atoms with E-state index in [0.717, 1.165) is 17.8 Å². The molecule has 2 nitrogen and oxygen atoms in total. The molecule has 94 valence electrons. The number of benzene rings is 1. The second-order valence-electron chi connectivity index (χ2n) is 5.40. The number of hydrogen-bond acceptors (Lipinski definition) is 3. The minimum absolute atomic E-state index is 0.293. The standard InChI is InChI=1S/C15H18N2S/c1-4-15(3,16)14-17-13-11-7-9(2)5-6-10(11)8-12(13)18-14/h5-7H,4,8,16H2,1-3H3. The largest absolute Gasteiger partial charge is 0.320 e. The van der Waals surface area contributed by atoms with Crippen molar-refractivity contribution in [3.8, 4) is 11.3 Å². The Hall–Kier alpha value is -1.19. The summed E-state index contributed by atoms with van der Waals surface area (Å²) in [5.74, 6) is 0. The second-order valence-corrected chi connectivity index (χ2v) is 6.48. The van der Waals surface area contributed by atoms with E-state index in [0.29, 0.717) is 0 Å². The van der Waals surface area contributed by atoms with Crippen LogP contribution in [0.1, 0.15) is 41.3 Å². The Balaban J connectivity index is 2.11. The number of nitrogens with zero attached hydrogens (tertiary/aromatic N) is 1. The van der Waals surface area contributed by atoms with Crippen molar-refractivity contribution in [2.75, 3.05) is 0 Å². The summed E-state index contributed by atoms with van der Waals surface area (Å²) in [4.78, 5) is 6.18. The van der Waals surface area contributed by atoms with Gasteiger partial charge < -0.3 is 5.73 Å². The Kier molecular flexibility index (Phi) is 2.57. The molecule has 1 unspecified atom stereocenters. The molecule has 0 aliphatic heterocycles. The lowest BCUT2D eigenvalue weighted by atomic mass is 10.0. The van der Waals surface area contributed by atoms with E-state index < -0.39 is 0 Å². The van der Waals surface area contributed by atoms with Crippen LogP contribution in [0, 0.1) is 6.92 Å². The van der Waals surface area contributed by atoms with Crippen molar-refractivity contribution in [2.45, 2.75) is 39.2 Å². The molecular formula is C15H18N2S. The minimum atomic E-state index is -0.293. The van der Waals surface area contributed by atoms with E-state index in [4.69, 9.17) is 10.7 Å². The fourth-order valence-electron chi connectivity index (χ4n) is 2.32. The van der Waals surface area contributed by atoms with Crippen molar-refractivity contribution in [3.05, 3.63) is 39.2 Å². The summed E-state index contributed by atoms with van der Waals surface area (Å²) in [7, 11) is 0. The monoisotopic (exact) mass is 258 g/mol. The average molecular weight is 258 g/mol. The lowest BCUT2D eigenvalue weighted by Crippen LogP contribution is -2.31. The van der Waals surface area contributed by atoms with Gasteiger partial charge in [-0.05, 0) is 31.9 Å². The molecule has 0 spiro atoms. The molecule has 1 aromatic heterocycles. The van der Waals surface area contributed by atoms with E-state index in [1.807, 2.05) is 0 Å². The minimum Gasteiger partial charge on any atom is -0.320 e. The predicted octanol–water partition coefficient (Wildman–Crippen LogP) is 3.61. The maximum absolute atomic E-state index is 6.30. The third kappa shape index (κ3) is 1.70. The molecule has 1 aliphatic carbocycles. The van der Waals surface area contributed by atoms with Crippen LogP contribution in [0.4, 0.5) is 0 Å². The van der Waals surface area contributed by atoms with Gasteiger partial charge in [-0.25, -0.2) is 4.98 Å². The van der Waals surface area contributed by atoms with Crippen LogP contribution in [-0.4, -0.2) is 4.98 Å². The highest BCUT2D eigenvalue weighted by atomic mass is 32.1. The SMILES string of the molecule is CCC(C)(N)c1nc2c(s1)Cc1ccc(C)cc1-2. The molecule has 0 radical (unpaired) electrons.